The minimum Gasteiger partial charge on any atom is -0.355 e. The highest BCUT2D eigenvalue weighted by Crippen LogP contribution is 2.31. The number of hydrogen-bond donors (Lipinski definition) is 1. The second-order valence-electron chi connectivity index (χ2n) is 6.22. The predicted molar refractivity (Wildman–Crippen MR) is 121 cm³/mol. The van der Waals surface area contributed by atoms with Gasteiger partial charge in [0.15, 0.2) is 10.1 Å². The first kappa shape index (κ1) is 20.9. The fraction of sp³-hybridized carbons (Fsp3) is 0.100. The summed E-state index contributed by atoms with van der Waals surface area (Å²) in [6.07, 6.45) is 0. The molecular formula is C20H14Cl2N4O2S2. The molecule has 2 aromatic heterocycles. The molecule has 0 aliphatic rings. The number of rotatable bonds is 6. The van der Waals surface area contributed by atoms with Crippen LogP contribution in [0.4, 0.5) is 5.13 Å². The van der Waals surface area contributed by atoms with Crippen LogP contribution in [0.3, 0.4) is 0 Å². The zero-order chi connectivity index (χ0) is 21.1. The molecular weight excluding hydrogens is 463 g/mol. The first-order valence-corrected chi connectivity index (χ1v) is 11.3. The van der Waals surface area contributed by atoms with E-state index >= 15 is 0 Å². The minimum absolute atomic E-state index is 0.350. The van der Waals surface area contributed by atoms with Crippen LogP contribution in [0, 0.1) is 6.92 Å². The first-order chi connectivity index (χ1) is 14.5. The van der Waals surface area contributed by atoms with E-state index in [0.29, 0.717) is 37.8 Å². The van der Waals surface area contributed by atoms with E-state index in [9.17, 15) is 4.79 Å². The number of halogens is 2. The van der Waals surface area contributed by atoms with Crippen LogP contribution in [0.25, 0.3) is 11.3 Å². The third-order valence-electron chi connectivity index (χ3n) is 4.10. The van der Waals surface area contributed by atoms with Crippen molar-refractivity contribution in [1.29, 1.82) is 0 Å². The summed E-state index contributed by atoms with van der Waals surface area (Å²) in [6, 6.07) is 14.6. The number of anilines is 1. The van der Waals surface area contributed by atoms with Crippen molar-refractivity contribution in [3.05, 3.63) is 75.4 Å². The summed E-state index contributed by atoms with van der Waals surface area (Å²) >= 11 is 14.7. The van der Waals surface area contributed by atoms with Crippen LogP contribution in [-0.4, -0.2) is 21.3 Å². The lowest BCUT2D eigenvalue weighted by atomic mass is 10.1. The molecule has 1 N–H and O–H groups in total. The molecule has 10 heteroatoms. The van der Waals surface area contributed by atoms with Crippen molar-refractivity contribution < 1.29 is 9.32 Å². The second-order valence-corrected chi connectivity index (χ2v) is 9.29. The highest BCUT2D eigenvalue weighted by Gasteiger charge is 2.23. The van der Waals surface area contributed by atoms with Crippen molar-refractivity contribution in [2.75, 3.05) is 5.32 Å². The summed E-state index contributed by atoms with van der Waals surface area (Å²) in [5, 5.41) is 16.6. The fourth-order valence-electron chi connectivity index (χ4n) is 2.64. The molecule has 0 spiro atoms. The minimum atomic E-state index is -0.357. The topological polar surface area (TPSA) is 80.9 Å². The zero-order valence-corrected chi connectivity index (χ0v) is 18.7. The van der Waals surface area contributed by atoms with Crippen LogP contribution in [0.15, 0.2) is 57.4 Å². The zero-order valence-electron chi connectivity index (χ0n) is 15.6. The molecule has 4 aromatic rings. The largest absolute Gasteiger partial charge is 0.355 e. The third kappa shape index (κ3) is 4.84. The predicted octanol–water partition coefficient (Wildman–Crippen LogP) is 6.35. The Balaban J connectivity index is 1.45. The van der Waals surface area contributed by atoms with Gasteiger partial charge in [0.2, 0.25) is 5.13 Å². The smallest absolute Gasteiger partial charge is 0.263 e. The second kappa shape index (κ2) is 9.18. The molecule has 0 unspecified atom stereocenters. The molecule has 0 fully saturated rings. The van der Waals surface area contributed by atoms with Gasteiger partial charge in [-0.2, -0.15) is 0 Å². The maximum atomic E-state index is 12.9. The van der Waals surface area contributed by atoms with Crippen molar-refractivity contribution in [2.24, 2.45) is 0 Å². The van der Waals surface area contributed by atoms with E-state index < -0.39 is 0 Å². The molecule has 4 rings (SSSR count). The van der Waals surface area contributed by atoms with Gasteiger partial charge in [-0.05, 0) is 48.9 Å². The van der Waals surface area contributed by atoms with Gasteiger partial charge in [-0.25, -0.2) is 0 Å². The maximum absolute atomic E-state index is 12.9. The summed E-state index contributed by atoms with van der Waals surface area (Å²) in [6.45, 7) is 1.71. The van der Waals surface area contributed by atoms with Gasteiger partial charge >= 0.3 is 0 Å². The summed E-state index contributed by atoms with van der Waals surface area (Å²) in [4.78, 5) is 12.9. The van der Waals surface area contributed by atoms with Crippen molar-refractivity contribution in [1.82, 2.24) is 15.4 Å². The molecule has 0 atom stereocenters. The van der Waals surface area contributed by atoms with E-state index in [1.54, 1.807) is 31.2 Å². The van der Waals surface area contributed by atoms with Gasteiger partial charge in [-0.1, -0.05) is 63.6 Å². The van der Waals surface area contributed by atoms with Crippen LogP contribution < -0.4 is 5.32 Å². The van der Waals surface area contributed by atoms with Crippen LogP contribution in [0.2, 0.25) is 10.0 Å². The number of carbonyl (C=O) groups excluding carboxylic acids is 1. The van der Waals surface area contributed by atoms with Crippen molar-refractivity contribution >= 4 is 57.3 Å². The van der Waals surface area contributed by atoms with E-state index in [2.05, 4.69) is 20.7 Å². The Morgan fingerprint density at radius 3 is 2.43 bits per heavy atom. The number of nitrogens with one attached hydrogen (secondary N) is 1. The molecule has 0 saturated heterocycles. The van der Waals surface area contributed by atoms with Gasteiger partial charge in [-0.3, -0.25) is 10.1 Å². The normalized spacial score (nSPS) is 10.9. The van der Waals surface area contributed by atoms with Gasteiger partial charge in [0.25, 0.3) is 5.91 Å². The number of amides is 1. The number of nitrogens with zero attached hydrogens (tertiary/aromatic N) is 3. The van der Waals surface area contributed by atoms with E-state index in [0.717, 1.165) is 15.7 Å². The van der Waals surface area contributed by atoms with E-state index in [4.69, 9.17) is 27.7 Å². The van der Waals surface area contributed by atoms with Crippen molar-refractivity contribution in [3.8, 4) is 11.3 Å². The number of thioether (sulfide) groups is 1. The number of hydrogen-bond acceptors (Lipinski definition) is 7. The molecule has 1 amide bonds. The highest BCUT2D eigenvalue weighted by molar-refractivity contribution is 8.00. The summed E-state index contributed by atoms with van der Waals surface area (Å²) < 4.78 is 6.13. The Morgan fingerprint density at radius 2 is 1.73 bits per heavy atom. The molecule has 0 radical (unpaired) electrons. The lowest BCUT2D eigenvalue weighted by molar-refractivity contribution is 0.102. The van der Waals surface area contributed by atoms with Gasteiger partial charge < -0.3 is 4.52 Å². The van der Waals surface area contributed by atoms with E-state index in [-0.39, 0.29) is 5.91 Å². The molecule has 0 saturated carbocycles. The summed E-state index contributed by atoms with van der Waals surface area (Å²) in [5.41, 5.74) is 2.67. The molecule has 2 heterocycles. The highest BCUT2D eigenvalue weighted by atomic mass is 35.5. The monoisotopic (exact) mass is 476 g/mol. The fourth-order valence-corrected chi connectivity index (χ4v) is 4.59. The summed E-state index contributed by atoms with van der Waals surface area (Å²) in [7, 11) is 0. The Kier molecular flexibility index (Phi) is 6.38. The Labute approximate surface area is 190 Å². The third-order valence-corrected chi connectivity index (χ3v) is 6.65. The van der Waals surface area contributed by atoms with Crippen molar-refractivity contribution in [2.45, 2.75) is 17.0 Å². The number of benzene rings is 2. The molecule has 0 aliphatic carbocycles. The standard InChI is InChI=1S/C20H14Cl2N4O2S2/c1-11-16(17(28-26-11)13-4-8-15(22)9-5-13)18(27)23-19-24-25-20(30-19)29-10-12-2-6-14(21)7-3-12/h2-9H,10H2,1H3,(H,23,24,27). The van der Waals surface area contributed by atoms with E-state index in [1.807, 2.05) is 24.3 Å². The molecule has 2 aromatic carbocycles. The van der Waals surface area contributed by atoms with Gasteiger partial charge in [0, 0.05) is 21.4 Å². The molecule has 0 bridgehead atoms. The molecule has 30 heavy (non-hydrogen) atoms. The Hall–Kier alpha value is -2.39. The number of carbonyl (C=O) groups is 1. The maximum Gasteiger partial charge on any atom is 0.263 e. The molecule has 0 aliphatic heterocycles. The van der Waals surface area contributed by atoms with Gasteiger partial charge in [0.1, 0.15) is 5.56 Å². The van der Waals surface area contributed by atoms with Crippen LogP contribution >= 0.6 is 46.3 Å². The van der Waals surface area contributed by atoms with Gasteiger partial charge in [-0.15, -0.1) is 10.2 Å². The number of aromatic nitrogens is 3. The van der Waals surface area contributed by atoms with Crippen LogP contribution in [0.1, 0.15) is 21.6 Å². The van der Waals surface area contributed by atoms with Crippen LogP contribution in [-0.2, 0) is 5.75 Å². The lowest BCUT2D eigenvalue weighted by Gasteiger charge is -2.03. The van der Waals surface area contributed by atoms with Gasteiger partial charge in [0.05, 0.1) is 5.69 Å². The SMILES string of the molecule is Cc1noc(-c2ccc(Cl)cc2)c1C(=O)Nc1nnc(SCc2ccc(Cl)cc2)s1. The van der Waals surface area contributed by atoms with E-state index in [1.165, 1.54) is 23.1 Å². The summed E-state index contributed by atoms with van der Waals surface area (Å²) in [5.74, 6) is 0.748. The molecule has 6 nitrogen and oxygen atoms in total. The number of aryl methyl sites for hydroxylation is 1. The average Bonchev–Trinajstić information content (AvgIpc) is 3.34. The first-order valence-electron chi connectivity index (χ1n) is 8.74. The molecule has 152 valence electrons. The lowest BCUT2D eigenvalue weighted by Crippen LogP contribution is -2.13. The Morgan fingerprint density at radius 1 is 1.07 bits per heavy atom. The van der Waals surface area contributed by atoms with Crippen molar-refractivity contribution in [3.63, 3.8) is 0 Å². The quantitative estimate of drug-likeness (QED) is 0.257. The Bertz CT molecular complexity index is 1170. The van der Waals surface area contributed by atoms with Crippen LogP contribution in [0.5, 0.6) is 0 Å². The average molecular weight is 477 g/mol.